The lowest BCUT2D eigenvalue weighted by molar-refractivity contribution is 0.672. The van der Waals surface area contributed by atoms with Gasteiger partial charge in [0.15, 0.2) is 17.5 Å². The smallest absolute Gasteiger partial charge is 0.164 e. The number of thiophene rings is 2. The van der Waals surface area contributed by atoms with Crippen LogP contribution in [0.15, 0.2) is 168 Å². The second kappa shape index (κ2) is 11.9. The SMILES string of the molecule is c1ccc(-c2ccc3c(c2)cc(-c2nc(-c4ccc5sc6ccccc6c5c4)nc(-c4ccc5sc6ccccc6c5c4)n2)c2c4ccccc4oc32)cc1. The average molecular weight is 738 g/mol. The second-order valence-corrected chi connectivity index (χ2v) is 16.1. The first-order valence-electron chi connectivity index (χ1n) is 18.3. The molecule has 4 heterocycles. The fourth-order valence-corrected chi connectivity index (χ4v) is 10.3. The summed E-state index contributed by atoms with van der Waals surface area (Å²) in [6.45, 7) is 0. The van der Waals surface area contributed by atoms with E-state index in [-0.39, 0.29) is 0 Å². The molecule has 12 rings (SSSR count). The normalized spacial score (nSPS) is 12.0. The summed E-state index contributed by atoms with van der Waals surface area (Å²) >= 11 is 3.62. The lowest BCUT2D eigenvalue weighted by Crippen LogP contribution is -2.00. The Labute approximate surface area is 322 Å². The Kier molecular flexibility index (Phi) is 6.64. The molecule has 0 N–H and O–H groups in total. The van der Waals surface area contributed by atoms with Crippen molar-refractivity contribution < 1.29 is 4.42 Å². The van der Waals surface area contributed by atoms with Gasteiger partial charge in [-0.25, -0.2) is 15.0 Å². The minimum Gasteiger partial charge on any atom is -0.455 e. The Morgan fingerprint density at radius 3 is 1.58 bits per heavy atom. The molecule has 4 aromatic heterocycles. The van der Waals surface area contributed by atoms with Gasteiger partial charge in [0, 0.05) is 73.2 Å². The monoisotopic (exact) mass is 737 g/mol. The summed E-state index contributed by atoms with van der Waals surface area (Å²) in [7, 11) is 0. The van der Waals surface area contributed by atoms with Crippen LogP contribution in [-0.2, 0) is 0 Å². The zero-order valence-corrected chi connectivity index (χ0v) is 30.8. The largest absolute Gasteiger partial charge is 0.455 e. The standard InChI is InChI=1S/C49H27N3OS2/c1-2-10-28(11-3-1)29-18-21-33-32(24-29)27-39(45-36-14-4-7-15-40(36)53-46(33)45)49-51-47(30-19-22-43-37(25-30)34-12-5-8-16-41(34)54-43)50-48(52-49)31-20-23-44-38(26-31)35-13-6-9-17-42(35)55-44/h1-27H. The van der Waals surface area contributed by atoms with Gasteiger partial charge in [-0.3, -0.25) is 0 Å². The zero-order valence-electron chi connectivity index (χ0n) is 29.2. The molecule has 0 bridgehead atoms. The maximum Gasteiger partial charge on any atom is 0.164 e. The van der Waals surface area contributed by atoms with E-state index in [0.717, 1.165) is 60.5 Å². The molecular weight excluding hydrogens is 711 g/mol. The molecule has 0 spiro atoms. The molecule has 0 saturated heterocycles. The van der Waals surface area contributed by atoms with E-state index in [4.69, 9.17) is 19.4 Å². The first-order valence-corrected chi connectivity index (χ1v) is 19.9. The van der Waals surface area contributed by atoms with Gasteiger partial charge in [0.1, 0.15) is 11.2 Å². The molecule has 0 radical (unpaired) electrons. The summed E-state index contributed by atoms with van der Waals surface area (Å²) in [5.74, 6) is 1.87. The molecular formula is C49H27N3OS2. The number of hydrogen-bond donors (Lipinski definition) is 0. The molecule has 256 valence electrons. The van der Waals surface area contributed by atoms with Gasteiger partial charge in [0.2, 0.25) is 0 Å². The fraction of sp³-hybridized carbons (Fsp3) is 0. The van der Waals surface area contributed by atoms with E-state index < -0.39 is 0 Å². The van der Waals surface area contributed by atoms with E-state index in [0.29, 0.717) is 17.5 Å². The average Bonchev–Trinajstić information content (AvgIpc) is 3.94. The number of rotatable bonds is 4. The van der Waals surface area contributed by atoms with E-state index >= 15 is 0 Å². The molecule has 0 saturated carbocycles. The van der Waals surface area contributed by atoms with Crippen molar-refractivity contribution in [2.24, 2.45) is 0 Å². The van der Waals surface area contributed by atoms with E-state index in [1.807, 2.05) is 40.9 Å². The minimum absolute atomic E-state index is 0.606. The highest BCUT2D eigenvalue weighted by Gasteiger charge is 2.21. The maximum absolute atomic E-state index is 6.69. The van der Waals surface area contributed by atoms with Crippen LogP contribution in [-0.4, -0.2) is 15.0 Å². The highest BCUT2D eigenvalue weighted by molar-refractivity contribution is 7.26. The first-order chi connectivity index (χ1) is 27.2. The van der Waals surface area contributed by atoms with E-state index in [1.54, 1.807) is 0 Å². The number of hydrogen-bond acceptors (Lipinski definition) is 6. The number of furan rings is 1. The van der Waals surface area contributed by atoms with Crippen molar-refractivity contribution in [3.8, 4) is 45.3 Å². The molecule has 0 amide bonds. The highest BCUT2D eigenvalue weighted by Crippen LogP contribution is 2.43. The summed E-state index contributed by atoms with van der Waals surface area (Å²) in [5, 5.41) is 9.02. The Bertz CT molecular complexity index is 3370. The Balaban J connectivity index is 1.15. The van der Waals surface area contributed by atoms with Crippen LogP contribution in [0.3, 0.4) is 0 Å². The van der Waals surface area contributed by atoms with Crippen molar-refractivity contribution in [2.45, 2.75) is 0 Å². The number of aromatic nitrogens is 3. The molecule has 0 unspecified atom stereocenters. The third-order valence-electron chi connectivity index (χ3n) is 10.7. The van der Waals surface area contributed by atoms with Crippen LogP contribution in [0.2, 0.25) is 0 Å². The third-order valence-corrected chi connectivity index (χ3v) is 13.0. The molecule has 0 fully saturated rings. The predicted octanol–water partition coefficient (Wildman–Crippen LogP) is 14.3. The van der Waals surface area contributed by atoms with Crippen LogP contribution in [0.5, 0.6) is 0 Å². The minimum atomic E-state index is 0.606. The summed E-state index contributed by atoms with van der Waals surface area (Å²) < 4.78 is 11.7. The number of nitrogens with zero attached hydrogens (tertiary/aromatic N) is 3. The van der Waals surface area contributed by atoms with E-state index in [2.05, 4.69) is 146 Å². The van der Waals surface area contributed by atoms with Crippen molar-refractivity contribution in [3.63, 3.8) is 0 Å². The van der Waals surface area contributed by atoms with Crippen molar-refractivity contribution in [3.05, 3.63) is 164 Å². The van der Waals surface area contributed by atoms with Crippen LogP contribution in [0, 0.1) is 0 Å². The molecule has 0 atom stereocenters. The van der Waals surface area contributed by atoms with Crippen LogP contribution >= 0.6 is 22.7 Å². The topological polar surface area (TPSA) is 51.8 Å². The van der Waals surface area contributed by atoms with Gasteiger partial charge in [0.05, 0.1) is 0 Å². The molecule has 0 aliphatic heterocycles. The molecule has 4 nitrogen and oxygen atoms in total. The first kappa shape index (κ1) is 30.7. The molecule has 8 aromatic carbocycles. The lowest BCUT2D eigenvalue weighted by atomic mass is 9.96. The summed E-state index contributed by atoms with van der Waals surface area (Å²) in [5.41, 5.74) is 6.76. The fourth-order valence-electron chi connectivity index (χ4n) is 8.09. The van der Waals surface area contributed by atoms with E-state index in [1.165, 1.54) is 40.3 Å². The van der Waals surface area contributed by atoms with Crippen molar-refractivity contribution in [1.29, 1.82) is 0 Å². The maximum atomic E-state index is 6.69. The number of benzene rings is 8. The van der Waals surface area contributed by atoms with Gasteiger partial charge in [-0.05, 0) is 89.3 Å². The predicted molar refractivity (Wildman–Crippen MR) is 232 cm³/mol. The summed E-state index contributed by atoms with van der Waals surface area (Å²) in [6.07, 6.45) is 0. The van der Waals surface area contributed by atoms with Gasteiger partial charge in [-0.1, -0.05) is 91.0 Å². The molecule has 6 heteroatoms. The van der Waals surface area contributed by atoms with Crippen LogP contribution in [0.1, 0.15) is 0 Å². The second-order valence-electron chi connectivity index (χ2n) is 14.0. The molecule has 0 aliphatic rings. The van der Waals surface area contributed by atoms with E-state index in [9.17, 15) is 0 Å². The quantitative estimate of drug-likeness (QED) is 0.180. The summed E-state index contributed by atoms with van der Waals surface area (Å²) in [4.78, 5) is 15.9. The molecule has 55 heavy (non-hydrogen) atoms. The van der Waals surface area contributed by atoms with Gasteiger partial charge in [-0.2, -0.15) is 0 Å². The summed E-state index contributed by atoms with van der Waals surface area (Å²) in [6, 6.07) is 57.9. The lowest BCUT2D eigenvalue weighted by Gasteiger charge is -2.12. The number of para-hydroxylation sites is 1. The van der Waals surface area contributed by atoms with Crippen LogP contribution in [0.4, 0.5) is 0 Å². The third kappa shape index (κ3) is 4.85. The van der Waals surface area contributed by atoms with Crippen molar-refractivity contribution in [1.82, 2.24) is 15.0 Å². The van der Waals surface area contributed by atoms with Crippen LogP contribution < -0.4 is 0 Å². The molecule has 12 aromatic rings. The Morgan fingerprint density at radius 2 is 0.909 bits per heavy atom. The van der Waals surface area contributed by atoms with Gasteiger partial charge in [0.25, 0.3) is 0 Å². The molecule has 0 aliphatic carbocycles. The van der Waals surface area contributed by atoms with Crippen LogP contribution in [0.25, 0.3) is 118 Å². The van der Waals surface area contributed by atoms with Gasteiger partial charge < -0.3 is 4.42 Å². The van der Waals surface area contributed by atoms with Gasteiger partial charge in [-0.15, -0.1) is 22.7 Å². The Morgan fingerprint density at radius 1 is 0.364 bits per heavy atom. The number of fused-ring (bicyclic) bond motifs is 11. The zero-order chi connectivity index (χ0) is 36.0. The van der Waals surface area contributed by atoms with Gasteiger partial charge >= 0.3 is 0 Å². The Hall–Kier alpha value is -6.73. The highest BCUT2D eigenvalue weighted by atomic mass is 32.1. The van der Waals surface area contributed by atoms with Crippen molar-refractivity contribution in [2.75, 3.05) is 0 Å². The van der Waals surface area contributed by atoms with Crippen molar-refractivity contribution >= 4 is 95.7 Å².